The van der Waals surface area contributed by atoms with Crippen molar-refractivity contribution in [2.24, 2.45) is 0 Å². The molecule has 0 fully saturated rings. The van der Waals surface area contributed by atoms with Crippen LogP contribution >= 0.6 is 23.4 Å². The molecule has 68 valence electrons. The van der Waals surface area contributed by atoms with Gasteiger partial charge in [0.1, 0.15) is 10.7 Å². The first-order chi connectivity index (χ1) is 6.22. The smallest absolute Gasteiger partial charge is 0.256 e. The van der Waals surface area contributed by atoms with Crippen LogP contribution in [0.15, 0.2) is 5.16 Å². The summed E-state index contributed by atoms with van der Waals surface area (Å²) in [6.07, 6.45) is 1.86. The van der Waals surface area contributed by atoms with E-state index in [2.05, 4.69) is 15.3 Å². The molecule has 0 atom stereocenters. The van der Waals surface area contributed by atoms with Crippen LogP contribution in [0.25, 0.3) is 0 Å². The highest BCUT2D eigenvalue weighted by Crippen LogP contribution is 2.23. The van der Waals surface area contributed by atoms with E-state index in [4.69, 9.17) is 11.6 Å². The normalized spacial score (nSPS) is 14.2. The standard InChI is InChI=1S/C7H6ClN3OS/c1-13-7-10-3-2-9-6(12)4(3)5(8)11-7/h2H2,1H3,(H,9,12). The van der Waals surface area contributed by atoms with Crippen molar-refractivity contribution in [2.45, 2.75) is 11.7 Å². The number of carbonyl (C=O) groups excluding carboxylic acids is 1. The molecule has 1 amide bonds. The maximum atomic E-state index is 11.2. The van der Waals surface area contributed by atoms with Crippen LogP contribution in [0, 0.1) is 0 Å². The summed E-state index contributed by atoms with van der Waals surface area (Å²) in [6.45, 7) is 0.448. The Kier molecular flexibility index (Phi) is 2.13. The van der Waals surface area contributed by atoms with E-state index in [1.807, 2.05) is 6.26 Å². The second kappa shape index (κ2) is 3.16. The molecular formula is C7H6ClN3OS. The topological polar surface area (TPSA) is 54.9 Å². The Hall–Kier alpha value is -0.810. The van der Waals surface area contributed by atoms with Crippen molar-refractivity contribution in [3.05, 3.63) is 16.4 Å². The predicted molar refractivity (Wildman–Crippen MR) is 50.0 cm³/mol. The number of aromatic nitrogens is 2. The SMILES string of the molecule is CSc1nc(Cl)c2c(n1)CNC2=O. The molecule has 0 spiro atoms. The summed E-state index contributed by atoms with van der Waals surface area (Å²) in [5.41, 5.74) is 1.11. The summed E-state index contributed by atoms with van der Waals surface area (Å²) in [6, 6.07) is 0. The number of nitrogens with one attached hydrogen (secondary N) is 1. The zero-order valence-electron chi connectivity index (χ0n) is 6.80. The lowest BCUT2D eigenvalue weighted by Crippen LogP contribution is -2.12. The van der Waals surface area contributed by atoms with Gasteiger partial charge in [-0.3, -0.25) is 4.79 Å². The Morgan fingerprint density at radius 1 is 1.54 bits per heavy atom. The molecule has 0 aliphatic carbocycles. The van der Waals surface area contributed by atoms with Gasteiger partial charge in [-0.15, -0.1) is 0 Å². The van der Waals surface area contributed by atoms with E-state index < -0.39 is 0 Å². The third-order valence-corrected chi connectivity index (χ3v) is 2.57. The van der Waals surface area contributed by atoms with Crippen molar-refractivity contribution in [2.75, 3.05) is 6.26 Å². The van der Waals surface area contributed by atoms with Gasteiger partial charge in [0, 0.05) is 0 Å². The van der Waals surface area contributed by atoms with Crippen LogP contribution < -0.4 is 5.32 Å². The molecule has 2 rings (SSSR count). The van der Waals surface area contributed by atoms with Crippen LogP contribution in [0.2, 0.25) is 5.15 Å². The van der Waals surface area contributed by atoms with Gasteiger partial charge < -0.3 is 5.32 Å². The fraction of sp³-hybridized carbons (Fsp3) is 0.286. The number of fused-ring (bicyclic) bond motifs is 1. The van der Waals surface area contributed by atoms with Gasteiger partial charge in [0.15, 0.2) is 5.16 Å². The number of amides is 1. The van der Waals surface area contributed by atoms with Crippen LogP contribution in [-0.4, -0.2) is 22.1 Å². The molecule has 1 aromatic heterocycles. The van der Waals surface area contributed by atoms with E-state index in [0.717, 1.165) is 0 Å². The molecule has 13 heavy (non-hydrogen) atoms. The third kappa shape index (κ3) is 1.38. The second-order valence-electron chi connectivity index (χ2n) is 2.51. The zero-order valence-corrected chi connectivity index (χ0v) is 8.37. The number of halogens is 1. The molecule has 0 saturated carbocycles. The summed E-state index contributed by atoms with van der Waals surface area (Å²) in [4.78, 5) is 19.3. The van der Waals surface area contributed by atoms with Crippen molar-refractivity contribution in [3.63, 3.8) is 0 Å². The maximum absolute atomic E-state index is 11.2. The molecule has 2 heterocycles. The van der Waals surface area contributed by atoms with Gasteiger partial charge in [-0.2, -0.15) is 0 Å². The van der Waals surface area contributed by atoms with E-state index in [-0.39, 0.29) is 11.1 Å². The highest BCUT2D eigenvalue weighted by atomic mass is 35.5. The first-order valence-corrected chi connectivity index (χ1v) is 5.21. The lowest BCUT2D eigenvalue weighted by Gasteiger charge is -1.99. The fourth-order valence-electron chi connectivity index (χ4n) is 1.15. The highest BCUT2D eigenvalue weighted by Gasteiger charge is 2.25. The monoisotopic (exact) mass is 215 g/mol. The minimum atomic E-state index is -0.187. The van der Waals surface area contributed by atoms with Crippen molar-refractivity contribution in [3.8, 4) is 0 Å². The molecule has 0 radical (unpaired) electrons. The number of hydrogen-bond acceptors (Lipinski definition) is 4. The molecule has 1 N–H and O–H groups in total. The van der Waals surface area contributed by atoms with Crippen LogP contribution in [-0.2, 0) is 6.54 Å². The van der Waals surface area contributed by atoms with E-state index in [9.17, 15) is 4.79 Å². The number of nitrogens with zero attached hydrogens (tertiary/aromatic N) is 2. The van der Waals surface area contributed by atoms with Crippen molar-refractivity contribution in [1.29, 1.82) is 0 Å². The highest BCUT2D eigenvalue weighted by molar-refractivity contribution is 7.98. The van der Waals surface area contributed by atoms with Crippen molar-refractivity contribution >= 4 is 29.3 Å². The van der Waals surface area contributed by atoms with E-state index >= 15 is 0 Å². The quantitative estimate of drug-likeness (QED) is 0.433. The van der Waals surface area contributed by atoms with Crippen molar-refractivity contribution in [1.82, 2.24) is 15.3 Å². The molecule has 4 nitrogen and oxygen atoms in total. The molecular weight excluding hydrogens is 210 g/mol. The van der Waals surface area contributed by atoms with Gasteiger partial charge in [-0.05, 0) is 6.26 Å². The first-order valence-electron chi connectivity index (χ1n) is 3.61. The van der Waals surface area contributed by atoms with Crippen molar-refractivity contribution < 1.29 is 4.79 Å². The number of rotatable bonds is 1. The molecule has 0 saturated heterocycles. The van der Waals surface area contributed by atoms with Crippen LogP contribution in [0.5, 0.6) is 0 Å². The summed E-state index contributed by atoms with van der Waals surface area (Å²) in [7, 11) is 0. The lowest BCUT2D eigenvalue weighted by atomic mass is 10.3. The minimum Gasteiger partial charge on any atom is -0.346 e. The predicted octanol–water partition coefficient (Wildman–Crippen LogP) is 1.10. The molecule has 0 bridgehead atoms. The Balaban J connectivity index is 2.59. The van der Waals surface area contributed by atoms with Crippen LogP contribution in [0.4, 0.5) is 0 Å². The summed E-state index contributed by atoms with van der Waals surface area (Å²) in [5.74, 6) is -0.187. The molecule has 0 unspecified atom stereocenters. The summed E-state index contributed by atoms with van der Waals surface area (Å²) < 4.78 is 0. The van der Waals surface area contributed by atoms with Gasteiger partial charge >= 0.3 is 0 Å². The Morgan fingerprint density at radius 3 is 3.00 bits per heavy atom. The minimum absolute atomic E-state index is 0.187. The van der Waals surface area contributed by atoms with Gasteiger partial charge in [0.2, 0.25) is 0 Å². The lowest BCUT2D eigenvalue weighted by molar-refractivity contribution is 0.0965. The van der Waals surface area contributed by atoms with Crippen LogP contribution in [0.3, 0.4) is 0 Å². The summed E-state index contributed by atoms with van der Waals surface area (Å²) in [5, 5.41) is 3.48. The fourth-order valence-corrected chi connectivity index (χ4v) is 1.86. The maximum Gasteiger partial charge on any atom is 0.256 e. The molecule has 1 aliphatic heterocycles. The molecule has 1 aliphatic rings. The second-order valence-corrected chi connectivity index (χ2v) is 3.64. The average molecular weight is 216 g/mol. The third-order valence-electron chi connectivity index (χ3n) is 1.75. The Bertz CT molecular complexity index is 382. The number of thioether (sulfide) groups is 1. The van der Waals surface area contributed by atoms with E-state index in [1.165, 1.54) is 11.8 Å². The zero-order chi connectivity index (χ0) is 9.42. The van der Waals surface area contributed by atoms with Crippen LogP contribution in [0.1, 0.15) is 16.1 Å². The molecule has 0 aromatic carbocycles. The Labute approximate surface area is 84.1 Å². The number of hydrogen-bond donors (Lipinski definition) is 1. The molecule has 6 heteroatoms. The van der Waals surface area contributed by atoms with E-state index in [1.54, 1.807) is 0 Å². The number of carbonyl (C=O) groups is 1. The first kappa shape index (κ1) is 8.77. The van der Waals surface area contributed by atoms with E-state index in [0.29, 0.717) is 23.0 Å². The van der Waals surface area contributed by atoms with Gasteiger partial charge in [0.05, 0.1) is 12.2 Å². The average Bonchev–Trinajstić information content (AvgIpc) is 2.48. The van der Waals surface area contributed by atoms with Gasteiger partial charge in [-0.1, -0.05) is 23.4 Å². The molecule has 1 aromatic rings. The van der Waals surface area contributed by atoms with Gasteiger partial charge in [-0.25, -0.2) is 9.97 Å². The van der Waals surface area contributed by atoms with Gasteiger partial charge in [0.25, 0.3) is 5.91 Å². The Morgan fingerprint density at radius 2 is 2.31 bits per heavy atom. The largest absolute Gasteiger partial charge is 0.346 e. The summed E-state index contributed by atoms with van der Waals surface area (Å²) >= 11 is 7.23.